The number of carbonyl (C=O) groups is 2. The van der Waals surface area contributed by atoms with Gasteiger partial charge in [0.25, 0.3) is 0 Å². The number of rotatable bonds is 9. The second kappa shape index (κ2) is 12.6. The minimum atomic E-state index is -0.602. The second-order valence-corrected chi connectivity index (χ2v) is 10.4. The van der Waals surface area contributed by atoms with Crippen molar-refractivity contribution < 1.29 is 14.0 Å². The van der Waals surface area contributed by atoms with E-state index in [4.69, 9.17) is 16.0 Å². The van der Waals surface area contributed by atoms with Crippen LogP contribution in [0.4, 0.5) is 5.69 Å². The van der Waals surface area contributed by atoms with E-state index in [2.05, 4.69) is 15.5 Å². The van der Waals surface area contributed by atoms with Crippen LogP contribution in [0, 0.1) is 0 Å². The average Bonchev–Trinajstić information content (AvgIpc) is 3.54. The fourth-order valence-corrected chi connectivity index (χ4v) is 5.28. The molecule has 7 nitrogen and oxygen atoms in total. The third-order valence-electron chi connectivity index (χ3n) is 6.00. The van der Waals surface area contributed by atoms with Crippen molar-refractivity contribution in [3.8, 4) is 11.3 Å². The topological polar surface area (TPSA) is 87.3 Å². The molecule has 9 heteroatoms. The van der Waals surface area contributed by atoms with Gasteiger partial charge in [0.1, 0.15) is 16.8 Å². The molecule has 196 valence electrons. The Kier molecular flexibility index (Phi) is 8.55. The number of hydrogen-bond acceptors (Lipinski definition) is 6. The maximum atomic E-state index is 13.3. The molecule has 0 bridgehead atoms. The zero-order valence-electron chi connectivity index (χ0n) is 20.9. The van der Waals surface area contributed by atoms with Crippen molar-refractivity contribution in [1.82, 2.24) is 4.90 Å². The number of furan rings is 1. The fourth-order valence-electron chi connectivity index (χ4n) is 4.04. The Morgan fingerprint density at radius 2 is 1.69 bits per heavy atom. The van der Waals surface area contributed by atoms with E-state index in [1.807, 2.05) is 72.8 Å². The number of hydrogen-bond donors (Lipinski definition) is 1. The molecule has 1 aromatic heterocycles. The van der Waals surface area contributed by atoms with Crippen molar-refractivity contribution in [2.24, 2.45) is 10.2 Å². The monoisotopic (exact) mass is 556 g/mol. The number of amidine groups is 1. The first-order valence-corrected chi connectivity index (χ1v) is 13.6. The first-order valence-electron chi connectivity index (χ1n) is 12.4. The molecule has 1 unspecified atom stereocenters. The number of amides is 2. The summed E-state index contributed by atoms with van der Waals surface area (Å²) in [5.74, 6) is 0.842. The van der Waals surface area contributed by atoms with Gasteiger partial charge in [-0.15, -0.1) is 5.10 Å². The highest BCUT2D eigenvalue weighted by molar-refractivity contribution is 8.15. The molecule has 4 aromatic rings. The molecule has 0 radical (unpaired) electrons. The summed E-state index contributed by atoms with van der Waals surface area (Å²) in [7, 11) is 0. The number of halogens is 1. The summed E-state index contributed by atoms with van der Waals surface area (Å²) >= 11 is 7.16. The highest BCUT2D eigenvalue weighted by atomic mass is 35.5. The van der Waals surface area contributed by atoms with Gasteiger partial charge in [-0.1, -0.05) is 84.0 Å². The molecule has 0 saturated carbocycles. The van der Waals surface area contributed by atoms with Crippen LogP contribution in [0.15, 0.2) is 112 Å². The molecule has 1 aliphatic rings. The standard InChI is InChI=1S/C30H25ClN4O3S/c31-23-11-13-24(14-12-23)33-28(36)19-27-29(37)35(18-17-21-7-3-1-4-8-21)30(39-27)34-32-20-25-15-16-26(38-25)22-9-5-2-6-10-22/h1-16,20,27H,17-19H2,(H,33,36)/b32-20+,34-30-. The molecule has 2 heterocycles. The Balaban J connectivity index is 1.29. The van der Waals surface area contributed by atoms with E-state index < -0.39 is 5.25 Å². The molecular weight excluding hydrogens is 532 g/mol. The molecule has 0 aliphatic carbocycles. The first-order chi connectivity index (χ1) is 19.0. The van der Waals surface area contributed by atoms with Crippen LogP contribution < -0.4 is 5.32 Å². The molecule has 3 aromatic carbocycles. The summed E-state index contributed by atoms with van der Waals surface area (Å²) < 4.78 is 5.86. The highest BCUT2D eigenvalue weighted by Crippen LogP contribution is 2.30. The van der Waals surface area contributed by atoms with Gasteiger partial charge in [-0.3, -0.25) is 14.5 Å². The normalized spacial score (nSPS) is 16.3. The lowest BCUT2D eigenvalue weighted by Crippen LogP contribution is -2.35. The lowest BCUT2D eigenvalue weighted by Gasteiger charge is -2.15. The molecular formula is C30H25ClN4O3S. The first kappa shape index (κ1) is 26.5. The van der Waals surface area contributed by atoms with E-state index in [9.17, 15) is 9.59 Å². The number of nitrogens with zero attached hydrogens (tertiary/aromatic N) is 3. The molecule has 1 atom stereocenters. The lowest BCUT2D eigenvalue weighted by molar-refractivity contribution is -0.128. The van der Waals surface area contributed by atoms with Gasteiger partial charge in [0.05, 0.1) is 6.21 Å². The summed E-state index contributed by atoms with van der Waals surface area (Å²) in [6.45, 7) is 0.429. The second-order valence-electron chi connectivity index (χ2n) is 8.79. The zero-order valence-corrected chi connectivity index (χ0v) is 22.4. The zero-order chi connectivity index (χ0) is 27.0. The third-order valence-corrected chi connectivity index (χ3v) is 7.42. The quantitative estimate of drug-likeness (QED) is 0.188. The predicted molar refractivity (Wildman–Crippen MR) is 157 cm³/mol. The number of anilines is 1. The van der Waals surface area contributed by atoms with Crippen molar-refractivity contribution in [3.05, 3.63) is 113 Å². The molecule has 2 amide bonds. The van der Waals surface area contributed by atoms with E-state index >= 15 is 0 Å². The minimum absolute atomic E-state index is 0.00924. The number of nitrogens with one attached hydrogen (secondary N) is 1. The Labute approximate surface area is 235 Å². The van der Waals surface area contributed by atoms with Gasteiger partial charge >= 0.3 is 0 Å². The number of thioether (sulfide) groups is 1. The predicted octanol–water partition coefficient (Wildman–Crippen LogP) is 6.51. The summed E-state index contributed by atoms with van der Waals surface area (Å²) in [6, 6.07) is 30.2. The summed E-state index contributed by atoms with van der Waals surface area (Å²) in [6.07, 6.45) is 2.17. The maximum Gasteiger partial charge on any atom is 0.242 e. The third kappa shape index (κ3) is 7.04. The van der Waals surface area contributed by atoms with E-state index in [0.717, 1.165) is 16.9 Å². The van der Waals surface area contributed by atoms with Gasteiger partial charge in [0.2, 0.25) is 11.8 Å². The maximum absolute atomic E-state index is 13.3. The van der Waals surface area contributed by atoms with Crippen LogP contribution in [0.1, 0.15) is 17.7 Å². The van der Waals surface area contributed by atoms with Crippen molar-refractivity contribution in [2.75, 3.05) is 11.9 Å². The van der Waals surface area contributed by atoms with E-state index in [-0.39, 0.29) is 18.2 Å². The van der Waals surface area contributed by atoms with Gasteiger partial charge in [-0.2, -0.15) is 5.10 Å². The Morgan fingerprint density at radius 3 is 2.44 bits per heavy atom. The lowest BCUT2D eigenvalue weighted by atomic mass is 10.1. The van der Waals surface area contributed by atoms with Crippen LogP contribution in [-0.4, -0.2) is 39.9 Å². The number of carbonyl (C=O) groups excluding carboxylic acids is 2. The molecule has 1 saturated heterocycles. The van der Waals surface area contributed by atoms with E-state index in [1.165, 1.54) is 18.0 Å². The summed E-state index contributed by atoms with van der Waals surface area (Å²) in [5.41, 5.74) is 2.69. The summed E-state index contributed by atoms with van der Waals surface area (Å²) in [5, 5.41) is 11.8. The minimum Gasteiger partial charge on any atom is -0.455 e. The molecule has 1 fully saturated rings. The van der Waals surface area contributed by atoms with Crippen LogP contribution in [0.5, 0.6) is 0 Å². The van der Waals surface area contributed by atoms with Gasteiger partial charge in [0, 0.05) is 29.2 Å². The Bertz CT molecular complexity index is 1490. The van der Waals surface area contributed by atoms with Crippen LogP contribution >= 0.6 is 23.4 Å². The molecule has 39 heavy (non-hydrogen) atoms. The average molecular weight is 557 g/mol. The SMILES string of the molecule is O=C(CC1S/C(=N\N=C\c2ccc(-c3ccccc3)o2)N(CCc2ccccc2)C1=O)Nc1ccc(Cl)cc1. The Morgan fingerprint density at radius 1 is 0.974 bits per heavy atom. The molecule has 5 rings (SSSR count). The molecule has 1 aliphatic heterocycles. The van der Waals surface area contributed by atoms with Gasteiger partial charge in [-0.05, 0) is 48.4 Å². The highest BCUT2D eigenvalue weighted by Gasteiger charge is 2.39. The van der Waals surface area contributed by atoms with Crippen molar-refractivity contribution in [2.45, 2.75) is 18.1 Å². The van der Waals surface area contributed by atoms with E-state index in [1.54, 1.807) is 29.2 Å². The van der Waals surface area contributed by atoms with Crippen LogP contribution in [-0.2, 0) is 16.0 Å². The largest absolute Gasteiger partial charge is 0.455 e. The van der Waals surface area contributed by atoms with Gasteiger partial charge in [-0.25, -0.2) is 0 Å². The van der Waals surface area contributed by atoms with E-state index in [0.29, 0.717) is 34.6 Å². The van der Waals surface area contributed by atoms with Crippen LogP contribution in [0.3, 0.4) is 0 Å². The van der Waals surface area contributed by atoms with Gasteiger partial charge < -0.3 is 9.73 Å². The molecule has 1 N–H and O–H groups in total. The van der Waals surface area contributed by atoms with Crippen molar-refractivity contribution >= 4 is 52.2 Å². The number of benzene rings is 3. The van der Waals surface area contributed by atoms with Crippen LogP contribution in [0.2, 0.25) is 5.02 Å². The van der Waals surface area contributed by atoms with Crippen molar-refractivity contribution in [1.29, 1.82) is 0 Å². The van der Waals surface area contributed by atoms with Crippen molar-refractivity contribution in [3.63, 3.8) is 0 Å². The smallest absolute Gasteiger partial charge is 0.242 e. The fraction of sp³-hybridized carbons (Fsp3) is 0.133. The summed E-state index contributed by atoms with van der Waals surface area (Å²) in [4.78, 5) is 27.6. The Hall–Kier alpha value is -4.14. The molecule has 0 spiro atoms. The van der Waals surface area contributed by atoms with Crippen LogP contribution in [0.25, 0.3) is 11.3 Å². The van der Waals surface area contributed by atoms with Gasteiger partial charge in [0.15, 0.2) is 5.17 Å².